The monoisotopic (exact) mass is 237 g/mol. The number of benzene rings is 1. The zero-order valence-corrected chi connectivity index (χ0v) is 10.3. The number of nitrogens with two attached hydrogens (primary N) is 1. The Balaban J connectivity index is 2.25. The quantitative estimate of drug-likeness (QED) is 0.874. The number of halogens is 1. The first kappa shape index (κ1) is 12.4. The molecule has 0 radical (unpaired) electrons. The molecular formula is C14H20FNO. The summed E-state index contributed by atoms with van der Waals surface area (Å²) in [5, 5.41) is 0. The normalized spacial score (nSPS) is 19.0. The molecule has 1 unspecified atom stereocenters. The molecule has 1 aliphatic rings. The Labute approximate surface area is 102 Å². The Kier molecular flexibility index (Phi) is 4.00. The van der Waals surface area contributed by atoms with E-state index in [1.165, 1.54) is 25.3 Å². The average molecular weight is 237 g/mol. The summed E-state index contributed by atoms with van der Waals surface area (Å²) in [5.74, 6) is 0.708. The van der Waals surface area contributed by atoms with Crippen LogP contribution in [0.5, 0.6) is 5.75 Å². The first-order valence-electron chi connectivity index (χ1n) is 6.32. The molecule has 3 heteroatoms. The van der Waals surface area contributed by atoms with E-state index in [2.05, 4.69) is 0 Å². The Hall–Kier alpha value is -1.09. The van der Waals surface area contributed by atoms with Crippen LogP contribution in [-0.4, -0.2) is 7.11 Å². The zero-order valence-electron chi connectivity index (χ0n) is 10.3. The fourth-order valence-electron chi connectivity index (χ4n) is 2.75. The van der Waals surface area contributed by atoms with Crippen molar-refractivity contribution in [3.8, 4) is 5.75 Å². The number of methoxy groups -OCH3 is 1. The van der Waals surface area contributed by atoms with E-state index < -0.39 is 0 Å². The summed E-state index contributed by atoms with van der Waals surface area (Å²) < 4.78 is 19.1. The smallest absolute Gasteiger partial charge is 0.131 e. The van der Waals surface area contributed by atoms with Gasteiger partial charge in [0, 0.05) is 11.6 Å². The molecule has 94 valence electrons. The highest BCUT2D eigenvalue weighted by molar-refractivity contribution is 5.37. The van der Waals surface area contributed by atoms with E-state index in [1.807, 2.05) is 0 Å². The standard InChI is InChI=1S/C14H20FNO/c1-17-12-9-5-8-11(15)13(12)14(16)10-6-3-2-4-7-10/h5,8-10,14H,2-4,6-7,16H2,1H3. The third kappa shape index (κ3) is 2.60. The van der Waals surface area contributed by atoms with Crippen LogP contribution in [0.3, 0.4) is 0 Å². The van der Waals surface area contributed by atoms with Crippen LogP contribution in [0.15, 0.2) is 18.2 Å². The van der Waals surface area contributed by atoms with E-state index >= 15 is 0 Å². The number of hydrogen-bond donors (Lipinski definition) is 1. The van der Waals surface area contributed by atoms with E-state index in [0.29, 0.717) is 17.2 Å². The van der Waals surface area contributed by atoms with Gasteiger partial charge in [0.05, 0.1) is 7.11 Å². The van der Waals surface area contributed by atoms with E-state index in [4.69, 9.17) is 10.5 Å². The summed E-state index contributed by atoms with van der Waals surface area (Å²) in [6.45, 7) is 0. The molecule has 0 aromatic heterocycles. The molecule has 2 rings (SSSR count). The minimum Gasteiger partial charge on any atom is -0.496 e. The van der Waals surface area contributed by atoms with Gasteiger partial charge < -0.3 is 10.5 Å². The van der Waals surface area contributed by atoms with Crippen LogP contribution < -0.4 is 10.5 Å². The van der Waals surface area contributed by atoms with E-state index in [-0.39, 0.29) is 11.9 Å². The van der Waals surface area contributed by atoms with Crippen LogP contribution in [0, 0.1) is 11.7 Å². The molecule has 2 nitrogen and oxygen atoms in total. The largest absolute Gasteiger partial charge is 0.496 e. The second-order valence-electron chi connectivity index (χ2n) is 4.78. The first-order chi connectivity index (χ1) is 8.24. The van der Waals surface area contributed by atoms with Crippen molar-refractivity contribution in [2.24, 2.45) is 11.7 Å². The second kappa shape index (κ2) is 5.50. The molecule has 0 saturated heterocycles. The maximum absolute atomic E-state index is 13.9. The molecule has 0 aliphatic heterocycles. The number of ether oxygens (including phenoxy) is 1. The van der Waals surface area contributed by atoms with Gasteiger partial charge in [-0.2, -0.15) is 0 Å². The Morgan fingerprint density at radius 3 is 2.65 bits per heavy atom. The lowest BCUT2D eigenvalue weighted by Crippen LogP contribution is -2.25. The van der Waals surface area contributed by atoms with Crippen molar-refractivity contribution < 1.29 is 9.13 Å². The molecule has 17 heavy (non-hydrogen) atoms. The summed E-state index contributed by atoms with van der Waals surface area (Å²) in [4.78, 5) is 0. The van der Waals surface area contributed by atoms with Gasteiger partial charge in [0.2, 0.25) is 0 Å². The second-order valence-corrected chi connectivity index (χ2v) is 4.78. The number of hydrogen-bond acceptors (Lipinski definition) is 2. The van der Waals surface area contributed by atoms with Crippen molar-refractivity contribution in [3.05, 3.63) is 29.6 Å². The van der Waals surface area contributed by atoms with Crippen molar-refractivity contribution in [2.75, 3.05) is 7.11 Å². The molecule has 1 aromatic rings. The van der Waals surface area contributed by atoms with Crippen LogP contribution in [0.2, 0.25) is 0 Å². The van der Waals surface area contributed by atoms with Crippen molar-refractivity contribution in [3.63, 3.8) is 0 Å². The van der Waals surface area contributed by atoms with Crippen LogP contribution in [0.25, 0.3) is 0 Å². The van der Waals surface area contributed by atoms with Gasteiger partial charge in [0.15, 0.2) is 0 Å². The van der Waals surface area contributed by atoms with Crippen molar-refractivity contribution in [1.29, 1.82) is 0 Å². The molecule has 2 N–H and O–H groups in total. The lowest BCUT2D eigenvalue weighted by Gasteiger charge is -2.28. The summed E-state index contributed by atoms with van der Waals surface area (Å²) in [6, 6.07) is 4.65. The van der Waals surface area contributed by atoms with Crippen molar-refractivity contribution >= 4 is 0 Å². The van der Waals surface area contributed by atoms with Gasteiger partial charge in [-0.05, 0) is 30.9 Å². The highest BCUT2D eigenvalue weighted by Gasteiger charge is 2.26. The van der Waals surface area contributed by atoms with Crippen molar-refractivity contribution in [1.82, 2.24) is 0 Å². The fraction of sp³-hybridized carbons (Fsp3) is 0.571. The van der Waals surface area contributed by atoms with Crippen molar-refractivity contribution in [2.45, 2.75) is 38.1 Å². The zero-order chi connectivity index (χ0) is 12.3. The maximum Gasteiger partial charge on any atom is 0.131 e. The molecule has 0 amide bonds. The number of rotatable bonds is 3. The lowest BCUT2D eigenvalue weighted by atomic mass is 9.81. The first-order valence-corrected chi connectivity index (χ1v) is 6.32. The molecule has 1 fully saturated rings. The highest BCUT2D eigenvalue weighted by Crippen LogP contribution is 2.37. The Morgan fingerprint density at radius 1 is 1.29 bits per heavy atom. The third-order valence-electron chi connectivity index (χ3n) is 3.72. The molecule has 1 aromatic carbocycles. The SMILES string of the molecule is COc1cccc(F)c1C(N)C1CCCCC1. The molecular weight excluding hydrogens is 217 g/mol. The van der Waals surface area contributed by atoms with Gasteiger partial charge >= 0.3 is 0 Å². The van der Waals surface area contributed by atoms with Gasteiger partial charge in [-0.3, -0.25) is 0 Å². The van der Waals surface area contributed by atoms with E-state index in [0.717, 1.165) is 12.8 Å². The molecule has 1 atom stereocenters. The minimum absolute atomic E-state index is 0.244. The summed E-state index contributed by atoms with van der Waals surface area (Å²) >= 11 is 0. The summed E-state index contributed by atoms with van der Waals surface area (Å²) in [6.07, 6.45) is 5.87. The molecule has 1 aliphatic carbocycles. The summed E-state index contributed by atoms with van der Waals surface area (Å²) in [5.41, 5.74) is 6.77. The maximum atomic E-state index is 13.9. The highest BCUT2D eigenvalue weighted by atomic mass is 19.1. The predicted molar refractivity (Wildman–Crippen MR) is 66.5 cm³/mol. The molecule has 1 saturated carbocycles. The summed E-state index contributed by atoms with van der Waals surface area (Å²) in [7, 11) is 1.56. The third-order valence-corrected chi connectivity index (χ3v) is 3.72. The topological polar surface area (TPSA) is 35.2 Å². The minimum atomic E-state index is -0.248. The fourth-order valence-corrected chi connectivity index (χ4v) is 2.75. The van der Waals surface area contributed by atoms with Gasteiger partial charge in [-0.1, -0.05) is 25.3 Å². The Bertz CT molecular complexity index is 374. The van der Waals surface area contributed by atoms with Gasteiger partial charge in [-0.15, -0.1) is 0 Å². The lowest BCUT2D eigenvalue weighted by molar-refractivity contribution is 0.295. The van der Waals surface area contributed by atoms with Gasteiger partial charge in [-0.25, -0.2) is 4.39 Å². The Morgan fingerprint density at radius 2 is 2.00 bits per heavy atom. The van der Waals surface area contributed by atoms with Crippen LogP contribution in [0.4, 0.5) is 4.39 Å². The van der Waals surface area contributed by atoms with Gasteiger partial charge in [0.1, 0.15) is 11.6 Å². The molecule has 0 heterocycles. The van der Waals surface area contributed by atoms with E-state index in [9.17, 15) is 4.39 Å². The van der Waals surface area contributed by atoms with Crippen LogP contribution >= 0.6 is 0 Å². The predicted octanol–water partition coefficient (Wildman–Crippen LogP) is 3.41. The average Bonchev–Trinajstić information content (AvgIpc) is 2.38. The van der Waals surface area contributed by atoms with Crippen LogP contribution in [-0.2, 0) is 0 Å². The van der Waals surface area contributed by atoms with Gasteiger partial charge in [0.25, 0.3) is 0 Å². The van der Waals surface area contributed by atoms with E-state index in [1.54, 1.807) is 19.2 Å². The molecule has 0 spiro atoms. The molecule has 0 bridgehead atoms. The van der Waals surface area contributed by atoms with Crippen LogP contribution in [0.1, 0.15) is 43.7 Å².